The van der Waals surface area contributed by atoms with Crippen LogP contribution in [0, 0.1) is 6.92 Å². The third kappa shape index (κ3) is 5.25. The molecule has 2 heterocycles. The fourth-order valence-corrected chi connectivity index (χ4v) is 3.75. The molecule has 2 N–H and O–H groups in total. The quantitative estimate of drug-likeness (QED) is 0.623. The molecule has 0 saturated carbocycles. The first kappa shape index (κ1) is 17.2. The van der Waals surface area contributed by atoms with Gasteiger partial charge in [-0.05, 0) is 32.7 Å². The Morgan fingerprint density at radius 2 is 2.32 bits per heavy atom. The summed E-state index contributed by atoms with van der Waals surface area (Å²) in [5, 5.41) is 7.88. The largest absolute Gasteiger partial charge is 0.355 e. The van der Waals surface area contributed by atoms with Crippen molar-refractivity contribution in [2.45, 2.75) is 52.1 Å². The van der Waals surface area contributed by atoms with Crippen LogP contribution in [0.2, 0.25) is 0 Å². The highest BCUT2D eigenvalue weighted by Crippen LogP contribution is 2.18. The standard InChI is InChI=1S/C16H29N5S/c1-4-14-7-5-6-9-21(14)10-8-18-16(17-3)20-12-15-11-19-13(2)22-15/h11,14H,4-10,12H2,1-3H3,(H2,17,18,20). The first-order valence-electron chi connectivity index (χ1n) is 8.32. The number of piperidine rings is 1. The molecule has 22 heavy (non-hydrogen) atoms. The van der Waals surface area contributed by atoms with Crippen molar-refractivity contribution in [3.63, 3.8) is 0 Å². The van der Waals surface area contributed by atoms with Crippen molar-refractivity contribution in [2.75, 3.05) is 26.7 Å². The molecule has 1 aliphatic rings. The van der Waals surface area contributed by atoms with Crippen molar-refractivity contribution >= 4 is 17.3 Å². The Morgan fingerprint density at radius 1 is 1.45 bits per heavy atom. The third-order valence-electron chi connectivity index (χ3n) is 4.23. The smallest absolute Gasteiger partial charge is 0.191 e. The second-order valence-electron chi connectivity index (χ2n) is 5.79. The first-order valence-corrected chi connectivity index (χ1v) is 9.14. The normalized spacial score (nSPS) is 20.1. The van der Waals surface area contributed by atoms with Crippen LogP contribution in [-0.2, 0) is 6.54 Å². The van der Waals surface area contributed by atoms with Crippen molar-refractivity contribution in [1.29, 1.82) is 0 Å². The van der Waals surface area contributed by atoms with E-state index in [1.807, 2.05) is 20.2 Å². The fourth-order valence-electron chi connectivity index (χ4n) is 3.01. The summed E-state index contributed by atoms with van der Waals surface area (Å²) < 4.78 is 0. The van der Waals surface area contributed by atoms with E-state index in [0.717, 1.165) is 36.6 Å². The lowest BCUT2D eigenvalue weighted by atomic mass is 10.0. The van der Waals surface area contributed by atoms with Crippen molar-refractivity contribution < 1.29 is 0 Å². The van der Waals surface area contributed by atoms with Gasteiger partial charge in [-0.3, -0.25) is 9.89 Å². The second-order valence-corrected chi connectivity index (χ2v) is 7.11. The number of likely N-dealkylation sites (tertiary alicyclic amines) is 1. The number of hydrogen-bond donors (Lipinski definition) is 2. The van der Waals surface area contributed by atoms with Gasteiger partial charge in [-0.15, -0.1) is 11.3 Å². The molecule has 1 aromatic rings. The summed E-state index contributed by atoms with van der Waals surface area (Å²) in [7, 11) is 1.82. The summed E-state index contributed by atoms with van der Waals surface area (Å²) in [4.78, 5) is 12.4. The van der Waals surface area contributed by atoms with Crippen molar-refractivity contribution in [3.05, 3.63) is 16.1 Å². The zero-order valence-corrected chi connectivity index (χ0v) is 14.9. The number of nitrogens with one attached hydrogen (secondary N) is 2. The zero-order chi connectivity index (χ0) is 15.8. The molecule has 1 unspecified atom stereocenters. The number of hydrogen-bond acceptors (Lipinski definition) is 4. The molecule has 0 aliphatic carbocycles. The van der Waals surface area contributed by atoms with Gasteiger partial charge in [-0.25, -0.2) is 4.98 Å². The molecule has 6 heteroatoms. The highest BCUT2D eigenvalue weighted by molar-refractivity contribution is 7.11. The number of thiazole rings is 1. The Hall–Kier alpha value is -1.14. The van der Waals surface area contributed by atoms with Crippen LogP contribution in [-0.4, -0.2) is 48.6 Å². The lowest BCUT2D eigenvalue weighted by Gasteiger charge is -2.35. The van der Waals surface area contributed by atoms with Crippen LogP contribution in [0.3, 0.4) is 0 Å². The number of rotatable bonds is 6. The van der Waals surface area contributed by atoms with Crippen LogP contribution in [0.4, 0.5) is 0 Å². The van der Waals surface area contributed by atoms with E-state index in [-0.39, 0.29) is 0 Å². The molecule has 1 aromatic heterocycles. The Balaban J connectivity index is 1.69. The van der Waals surface area contributed by atoms with E-state index in [0.29, 0.717) is 0 Å². The van der Waals surface area contributed by atoms with E-state index in [1.165, 1.54) is 37.1 Å². The lowest BCUT2D eigenvalue weighted by Crippen LogP contribution is -2.45. The van der Waals surface area contributed by atoms with Gasteiger partial charge < -0.3 is 10.6 Å². The minimum atomic E-state index is 0.769. The van der Waals surface area contributed by atoms with Crippen LogP contribution in [0.5, 0.6) is 0 Å². The maximum Gasteiger partial charge on any atom is 0.191 e. The first-order chi connectivity index (χ1) is 10.7. The van der Waals surface area contributed by atoms with Crippen LogP contribution in [0.25, 0.3) is 0 Å². The van der Waals surface area contributed by atoms with E-state index in [9.17, 15) is 0 Å². The number of guanidine groups is 1. The molecule has 2 rings (SSSR count). The molecule has 0 bridgehead atoms. The third-order valence-corrected chi connectivity index (χ3v) is 5.15. The van der Waals surface area contributed by atoms with Gasteiger partial charge in [0.1, 0.15) is 0 Å². The van der Waals surface area contributed by atoms with Gasteiger partial charge in [-0.1, -0.05) is 13.3 Å². The molecular formula is C16H29N5S. The van der Waals surface area contributed by atoms with E-state index in [2.05, 4.69) is 32.4 Å². The minimum absolute atomic E-state index is 0.769. The maximum absolute atomic E-state index is 4.29. The van der Waals surface area contributed by atoms with Gasteiger partial charge in [0, 0.05) is 37.3 Å². The maximum atomic E-state index is 4.29. The number of aryl methyl sites for hydroxylation is 1. The van der Waals surface area contributed by atoms with E-state index >= 15 is 0 Å². The highest BCUT2D eigenvalue weighted by Gasteiger charge is 2.19. The molecule has 1 fully saturated rings. The topological polar surface area (TPSA) is 52.5 Å². The molecular weight excluding hydrogens is 294 g/mol. The number of aliphatic imine (C=N–C) groups is 1. The Bertz CT molecular complexity index is 471. The number of aromatic nitrogens is 1. The fraction of sp³-hybridized carbons (Fsp3) is 0.750. The van der Waals surface area contributed by atoms with Gasteiger partial charge in [0.05, 0.1) is 11.6 Å². The summed E-state index contributed by atoms with van der Waals surface area (Å²) in [6.45, 7) is 8.40. The molecule has 124 valence electrons. The van der Waals surface area contributed by atoms with Crippen LogP contribution in [0.1, 0.15) is 42.5 Å². The van der Waals surface area contributed by atoms with E-state index in [1.54, 1.807) is 11.3 Å². The second kappa shape index (κ2) is 9.10. The monoisotopic (exact) mass is 323 g/mol. The lowest BCUT2D eigenvalue weighted by molar-refractivity contribution is 0.147. The minimum Gasteiger partial charge on any atom is -0.355 e. The highest BCUT2D eigenvalue weighted by atomic mass is 32.1. The van der Waals surface area contributed by atoms with Crippen molar-refractivity contribution in [3.8, 4) is 0 Å². The molecule has 5 nitrogen and oxygen atoms in total. The summed E-state index contributed by atoms with van der Waals surface area (Å²) in [6, 6.07) is 0.769. The zero-order valence-electron chi connectivity index (χ0n) is 14.1. The summed E-state index contributed by atoms with van der Waals surface area (Å²) >= 11 is 1.73. The van der Waals surface area contributed by atoms with Crippen LogP contribution >= 0.6 is 11.3 Å². The summed E-state index contributed by atoms with van der Waals surface area (Å²) in [5.74, 6) is 0.871. The van der Waals surface area contributed by atoms with Crippen molar-refractivity contribution in [2.24, 2.45) is 4.99 Å². The van der Waals surface area contributed by atoms with Crippen LogP contribution < -0.4 is 10.6 Å². The van der Waals surface area contributed by atoms with Crippen LogP contribution in [0.15, 0.2) is 11.2 Å². The molecule has 0 spiro atoms. The Kier molecular flexibility index (Phi) is 7.12. The Morgan fingerprint density at radius 3 is 3.00 bits per heavy atom. The number of nitrogens with zero attached hydrogens (tertiary/aromatic N) is 3. The van der Waals surface area contributed by atoms with Gasteiger partial charge in [0.15, 0.2) is 5.96 Å². The summed E-state index contributed by atoms with van der Waals surface area (Å²) in [6.07, 6.45) is 7.28. The molecule has 1 aliphatic heterocycles. The average Bonchev–Trinajstić information content (AvgIpc) is 2.96. The predicted molar refractivity (Wildman–Crippen MR) is 94.6 cm³/mol. The average molecular weight is 324 g/mol. The van der Waals surface area contributed by atoms with Crippen molar-refractivity contribution in [1.82, 2.24) is 20.5 Å². The van der Waals surface area contributed by atoms with Gasteiger partial charge in [0.25, 0.3) is 0 Å². The van der Waals surface area contributed by atoms with Gasteiger partial charge in [-0.2, -0.15) is 0 Å². The van der Waals surface area contributed by atoms with E-state index < -0.39 is 0 Å². The summed E-state index contributed by atoms with van der Waals surface area (Å²) in [5.41, 5.74) is 0. The van der Waals surface area contributed by atoms with E-state index in [4.69, 9.17) is 0 Å². The molecule has 0 radical (unpaired) electrons. The van der Waals surface area contributed by atoms with Gasteiger partial charge >= 0.3 is 0 Å². The molecule has 0 aromatic carbocycles. The molecule has 1 atom stereocenters. The SMILES string of the molecule is CCC1CCCCN1CCNC(=NC)NCc1cnc(C)s1. The molecule has 0 amide bonds. The van der Waals surface area contributed by atoms with Gasteiger partial charge in [0.2, 0.25) is 0 Å². The molecule has 1 saturated heterocycles. The predicted octanol–water partition coefficient (Wildman–Crippen LogP) is 2.38. The Labute approximate surface area is 138 Å².